The van der Waals surface area contributed by atoms with Crippen LogP contribution in [-0.4, -0.2) is 23.5 Å². The number of benzene rings is 2. The van der Waals surface area contributed by atoms with Crippen LogP contribution in [0.3, 0.4) is 0 Å². The molecule has 0 aromatic heterocycles. The van der Waals surface area contributed by atoms with E-state index in [1.165, 1.54) is 0 Å². The van der Waals surface area contributed by atoms with Gasteiger partial charge in [-0.15, -0.1) is 0 Å². The molecule has 3 heteroatoms. The zero-order valence-corrected chi connectivity index (χ0v) is 15.4. The van der Waals surface area contributed by atoms with Gasteiger partial charge in [-0.25, -0.2) is 0 Å². The van der Waals surface area contributed by atoms with Gasteiger partial charge in [-0.05, 0) is 24.0 Å². The van der Waals surface area contributed by atoms with Crippen LogP contribution in [0.25, 0.3) is 0 Å². The SMILES string of the molecule is C[C@H]1/C=C/CCCN(Cc2ccccc2)C(=O)[C@H]1OCc1ccccc1. The third-order valence-electron chi connectivity index (χ3n) is 4.76. The maximum absolute atomic E-state index is 13.3. The van der Waals surface area contributed by atoms with Gasteiger partial charge in [0.25, 0.3) is 5.91 Å². The Labute approximate surface area is 156 Å². The van der Waals surface area contributed by atoms with E-state index in [1.807, 2.05) is 53.4 Å². The van der Waals surface area contributed by atoms with Gasteiger partial charge in [-0.3, -0.25) is 4.79 Å². The van der Waals surface area contributed by atoms with Crippen LogP contribution < -0.4 is 0 Å². The maximum atomic E-state index is 13.3. The van der Waals surface area contributed by atoms with E-state index in [-0.39, 0.29) is 11.8 Å². The predicted octanol–water partition coefficient (Wildman–Crippen LogP) is 4.59. The van der Waals surface area contributed by atoms with E-state index >= 15 is 0 Å². The molecule has 0 aliphatic carbocycles. The molecule has 1 aliphatic heterocycles. The quantitative estimate of drug-likeness (QED) is 0.739. The average molecular weight is 349 g/mol. The van der Waals surface area contributed by atoms with Gasteiger partial charge >= 0.3 is 0 Å². The van der Waals surface area contributed by atoms with Gasteiger partial charge in [0.1, 0.15) is 6.10 Å². The Morgan fingerprint density at radius 1 is 1.00 bits per heavy atom. The molecule has 2 aromatic carbocycles. The molecule has 0 saturated carbocycles. The van der Waals surface area contributed by atoms with E-state index in [9.17, 15) is 4.79 Å². The van der Waals surface area contributed by atoms with Crippen LogP contribution in [-0.2, 0) is 22.7 Å². The Morgan fingerprint density at radius 2 is 1.65 bits per heavy atom. The Balaban J connectivity index is 1.74. The molecule has 1 amide bonds. The van der Waals surface area contributed by atoms with Gasteiger partial charge in [0, 0.05) is 19.0 Å². The van der Waals surface area contributed by atoms with E-state index in [4.69, 9.17) is 4.74 Å². The molecule has 26 heavy (non-hydrogen) atoms. The summed E-state index contributed by atoms with van der Waals surface area (Å²) < 4.78 is 6.11. The van der Waals surface area contributed by atoms with Crippen molar-refractivity contribution >= 4 is 5.91 Å². The van der Waals surface area contributed by atoms with Gasteiger partial charge < -0.3 is 9.64 Å². The molecular formula is C23H27NO2. The van der Waals surface area contributed by atoms with Crippen molar-refractivity contribution in [2.75, 3.05) is 6.54 Å². The highest BCUT2D eigenvalue weighted by molar-refractivity contribution is 5.81. The minimum atomic E-state index is -0.451. The molecule has 0 spiro atoms. The van der Waals surface area contributed by atoms with Gasteiger partial charge in [0.15, 0.2) is 0 Å². The number of ether oxygens (including phenoxy) is 1. The largest absolute Gasteiger partial charge is 0.363 e. The van der Waals surface area contributed by atoms with Crippen molar-refractivity contribution in [3.8, 4) is 0 Å². The molecule has 0 saturated heterocycles. The summed E-state index contributed by atoms with van der Waals surface area (Å²) in [4.78, 5) is 15.2. The van der Waals surface area contributed by atoms with Crippen molar-refractivity contribution in [1.82, 2.24) is 4.90 Å². The summed E-state index contributed by atoms with van der Waals surface area (Å²) in [5, 5.41) is 0. The Morgan fingerprint density at radius 3 is 2.35 bits per heavy atom. The Hall–Kier alpha value is -2.39. The fourth-order valence-electron chi connectivity index (χ4n) is 3.27. The molecule has 0 bridgehead atoms. The van der Waals surface area contributed by atoms with Gasteiger partial charge in [-0.2, -0.15) is 0 Å². The second-order valence-electron chi connectivity index (χ2n) is 6.89. The highest BCUT2D eigenvalue weighted by Crippen LogP contribution is 2.19. The molecule has 1 heterocycles. The minimum absolute atomic E-state index is 0.0579. The summed E-state index contributed by atoms with van der Waals surface area (Å²) in [5.74, 6) is 0.145. The number of rotatable bonds is 5. The van der Waals surface area contributed by atoms with Crippen molar-refractivity contribution in [2.24, 2.45) is 5.92 Å². The van der Waals surface area contributed by atoms with Crippen molar-refractivity contribution in [3.05, 3.63) is 83.9 Å². The molecule has 0 N–H and O–H groups in total. The van der Waals surface area contributed by atoms with Gasteiger partial charge in [-0.1, -0.05) is 79.7 Å². The molecule has 2 atom stereocenters. The number of carbonyl (C=O) groups excluding carboxylic acids is 1. The summed E-state index contributed by atoms with van der Waals surface area (Å²) in [7, 11) is 0. The van der Waals surface area contributed by atoms with Crippen molar-refractivity contribution in [1.29, 1.82) is 0 Å². The van der Waals surface area contributed by atoms with Crippen LogP contribution in [0, 0.1) is 5.92 Å². The number of hydrogen-bond acceptors (Lipinski definition) is 2. The zero-order valence-electron chi connectivity index (χ0n) is 15.4. The lowest BCUT2D eigenvalue weighted by Crippen LogP contribution is -2.43. The minimum Gasteiger partial charge on any atom is -0.363 e. The van der Waals surface area contributed by atoms with Crippen molar-refractivity contribution in [2.45, 2.75) is 39.0 Å². The first-order valence-corrected chi connectivity index (χ1v) is 9.39. The zero-order chi connectivity index (χ0) is 18.2. The molecule has 3 nitrogen and oxygen atoms in total. The smallest absolute Gasteiger partial charge is 0.252 e. The first kappa shape index (κ1) is 18.4. The van der Waals surface area contributed by atoms with Gasteiger partial charge in [0.05, 0.1) is 6.61 Å². The predicted molar refractivity (Wildman–Crippen MR) is 104 cm³/mol. The summed E-state index contributed by atoms with van der Waals surface area (Å²) in [6.45, 7) is 3.91. The van der Waals surface area contributed by atoms with Crippen LogP contribution in [0.4, 0.5) is 0 Å². The maximum Gasteiger partial charge on any atom is 0.252 e. The highest BCUT2D eigenvalue weighted by atomic mass is 16.5. The fourth-order valence-corrected chi connectivity index (χ4v) is 3.27. The number of amides is 1. The van der Waals surface area contributed by atoms with Crippen LogP contribution in [0.5, 0.6) is 0 Å². The second-order valence-corrected chi connectivity index (χ2v) is 6.89. The second kappa shape index (κ2) is 9.35. The van der Waals surface area contributed by atoms with Crippen molar-refractivity contribution < 1.29 is 9.53 Å². The molecule has 0 unspecified atom stereocenters. The third-order valence-corrected chi connectivity index (χ3v) is 4.76. The van der Waals surface area contributed by atoms with E-state index in [2.05, 4.69) is 31.2 Å². The van der Waals surface area contributed by atoms with Crippen LogP contribution in [0.1, 0.15) is 30.9 Å². The number of carbonyl (C=O) groups is 1. The average Bonchev–Trinajstić information content (AvgIpc) is 2.73. The molecule has 0 fully saturated rings. The Bertz CT molecular complexity index is 712. The molecule has 2 aromatic rings. The fraction of sp³-hybridized carbons (Fsp3) is 0.348. The summed E-state index contributed by atoms with van der Waals surface area (Å²) in [6.07, 6.45) is 5.83. The first-order chi connectivity index (χ1) is 12.7. The first-order valence-electron chi connectivity index (χ1n) is 9.39. The topological polar surface area (TPSA) is 29.5 Å². The molecule has 0 radical (unpaired) electrons. The lowest BCUT2D eigenvalue weighted by molar-refractivity contribution is -0.147. The molecule has 136 valence electrons. The summed E-state index contributed by atoms with van der Waals surface area (Å²) in [6, 6.07) is 20.2. The van der Waals surface area contributed by atoms with Gasteiger partial charge in [0.2, 0.25) is 0 Å². The van der Waals surface area contributed by atoms with E-state index in [0.717, 1.165) is 30.5 Å². The van der Waals surface area contributed by atoms with E-state index in [1.54, 1.807) is 0 Å². The van der Waals surface area contributed by atoms with Crippen molar-refractivity contribution in [3.63, 3.8) is 0 Å². The Kier molecular flexibility index (Phi) is 6.62. The lowest BCUT2D eigenvalue weighted by Gasteiger charge is -2.29. The summed E-state index contributed by atoms with van der Waals surface area (Å²) in [5.41, 5.74) is 2.24. The standard InChI is InChI=1S/C23H27NO2/c1-19-11-5-4-10-16-24(17-20-12-6-2-7-13-20)23(25)22(19)26-18-21-14-8-3-9-15-21/h2-3,5-9,11-15,19,22H,4,10,16-18H2,1H3/b11-5+/t19-,22-/m0/s1. The number of nitrogens with zero attached hydrogens (tertiary/aromatic N) is 1. The molecule has 3 rings (SSSR count). The highest BCUT2D eigenvalue weighted by Gasteiger charge is 2.29. The monoisotopic (exact) mass is 349 g/mol. The molecule has 1 aliphatic rings. The van der Waals surface area contributed by atoms with Crippen LogP contribution in [0.2, 0.25) is 0 Å². The summed E-state index contributed by atoms with van der Waals surface area (Å²) >= 11 is 0. The number of hydrogen-bond donors (Lipinski definition) is 0. The van der Waals surface area contributed by atoms with Crippen LogP contribution >= 0.6 is 0 Å². The normalized spacial score (nSPS) is 22.3. The van der Waals surface area contributed by atoms with E-state index < -0.39 is 6.10 Å². The number of allylic oxidation sites excluding steroid dienone is 1. The van der Waals surface area contributed by atoms with E-state index in [0.29, 0.717) is 13.2 Å². The third kappa shape index (κ3) is 5.06. The molecular weight excluding hydrogens is 322 g/mol. The van der Waals surface area contributed by atoms with Crippen LogP contribution in [0.15, 0.2) is 72.8 Å². The lowest BCUT2D eigenvalue weighted by atomic mass is 10.0.